The Morgan fingerprint density at radius 3 is 2.36 bits per heavy atom. The van der Waals surface area contributed by atoms with Gasteiger partial charge >= 0.3 is 0 Å². The Morgan fingerprint density at radius 2 is 1.57 bits per heavy atom. The third kappa shape index (κ3) is 6.13. The van der Waals surface area contributed by atoms with Crippen molar-refractivity contribution in [1.82, 2.24) is 19.6 Å². The summed E-state index contributed by atoms with van der Waals surface area (Å²) >= 11 is 8.25. The first kappa shape index (κ1) is 29.1. The minimum atomic E-state index is -3.30. The third-order valence-corrected chi connectivity index (χ3v) is 10.5. The van der Waals surface area contributed by atoms with Gasteiger partial charge in [-0.1, -0.05) is 41.9 Å². The highest BCUT2D eigenvalue weighted by Gasteiger charge is 2.22. The van der Waals surface area contributed by atoms with Gasteiger partial charge in [-0.3, -0.25) is 9.80 Å². The van der Waals surface area contributed by atoms with Crippen LogP contribution in [0.1, 0.15) is 11.3 Å². The van der Waals surface area contributed by atoms with Gasteiger partial charge in [0.2, 0.25) is 6.79 Å². The van der Waals surface area contributed by atoms with Crippen molar-refractivity contribution >= 4 is 32.8 Å². The van der Waals surface area contributed by atoms with Crippen LogP contribution in [0.15, 0.2) is 89.8 Å². The Labute approximate surface area is 265 Å². The molecule has 0 saturated carbocycles. The summed E-state index contributed by atoms with van der Waals surface area (Å²) in [6.45, 7) is 5.72. The number of hydrogen-bond acceptors (Lipinski definition) is 8. The van der Waals surface area contributed by atoms with E-state index >= 15 is 0 Å². The van der Waals surface area contributed by atoms with Crippen molar-refractivity contribution in [3.63, 3.8) is 0 Å². The lowest BCUT2D eigenvalue weighted by molar-refractivity contribution is 0.121. The minimum absolute atomic E-state index is 0.290. The second-order valence-corrected chi connectivity index (χ2v) is 14.6. The van der Waals surface area contributed by atoms with Gasteiger partial charge in [0.25, 0.3) is 0 Å². The molecule has 3 aromatic carbocycles. The van der Waals surface area contributed by atoms with E-state index in [1.165, 1.54) is 11.8 Å². The summed E-state index contributed by atoms with van der Waals surface area (Å²) in [4.78, 5) is 7.22. The summed E-state index contributed by atoms with van der Waals surface area (Å²) in [5, 5.41) is 5.66. The number of benzene rings is 3. The first-order valence-electron chi connectivity index (χ1n) is 14.4. The smallest absolute Gasteiger partial charge is 0.231 e. The van der Waals surface area contributed by atoms with Crippen LogP contribution in [-0.4, -0.2) is 67.2 Å². The van der Waals surface area contributed by atoms with Crippen molar-refractivity contribution in [2.24, 2.45) is 0 Å². The van der Waals surface area contributed by atoms with E-state index in [1.807, 2.05) is 47.1 Å². The Balaban J connectivity index is 1.10. The molecule has 1 fully saturated rings. The SMILES string of the molecule is CS(=O)(=O)c1cccc(-c2ccc(-c3cc(CN4CCN(Cc5ccc6c(c5)OCO6)CC4)nn3-c3ccccc3Cl)s2)c1. The third-order valence-electron chi connectivity index (χ3n) is 7.94. The molecule has 0 unspecified atom stereocenters. The van der Waals surface area contributed by atoms with E-state index in [-0.39, 0.29) is 6.79 Å². The molecular formula is C33H31ClN4O4S2. The van der Waals surface area contributed by atoms with Crippen LogP contribution in [0.5, 0.6) is 11.5 Å². The molecular weight excluding hydrogens is 616 g/mol. The zero-order valence-corrected chi connectivity index (χ0v) is 26.5. The molecule has 0 N–H and O–H groups in total. The zero-order chi connectivity index (χ0) is 30.3. The number of ether oxygens (including phenoxy) is 2. The van der Waals surface area contributed by atoms with Crippen molar-refractivity contribution in [3.8, 4) is 38.2 Å². The lowest BCUT2D eigenvalue weighted by Crippen LogP contribution is -2.45. The van der Waals surface area contributed by atoms with Crippen molar-refractivity contribution in [1.29, 1.82) is 0 Å². The van der Waals surface area contributed by atoms with Gasteiger partial charge in [0, 0.05) is 50.4 Å². The number of fused-ring (bicyclic) bond motifs is 1. The number of halogens is 1. The van der Waals surface area contributed by atoms with E-state index in [9.17, 15) is 8.42 Å². The Kier molecular flexibility index (Phi) is 7.94. The number of sulfone groups is 1. The Morgan fingerprint density at radius 1 is 0.818 bits per heavy atom. The van der Waals surface area contributed by atoms with Gasteiger partial charge in [-0.2, -0.15) is 5.10 Å². The number of hydrogen-bond donors (Lipinski definition) is 0. The molecule has 7 rings (SSSR count). The van der Waals surface area contributed by atoms with E-state index in [1.54, 1.807) is 29.5 Å². The largest absolute Gasteiger partial charge is 0.454 e. The fourth-order valence-electron chi connectivity index (χ4n) is 5.63. The predicted molar refractivity (Wildman–Crippen MR) is 174 cm³/mol. The maximum atomic E-state index is 12.1. The summed E-state index contributed by atoms with van der Waals surface area (Å²) < 4.78 is 37.2. The van der Waals surface area contributed by atoms with Gasteiger partial charge in [-0.25, -0.2) is 13.1 Å². The maximum Gasteiger partial charge on any atom is 0.231 e. The minimum Gasteiger partial charge on any atom is -0.454 e. The topological polar surface area (TPSA) is 76.9 Å². The van der Waals surface area contributed by atoms with Crippen LogP contribution in [0, 0.1) is 0 Å². The molecule has 0 amide bonds. The van der Waals surface area contributed by atoms with Crippen molar-refractivity contribution in [2.45, 2.75) is 18.0 Å². The first-order valence-corrected chi connectivity index (χ1v) is 17.5. The Bertz CT molecular complexity index is 1930. The van der Waals surface area contributed by atoms with Crippen LogP contribution in [0.4, 0.5) is 0 Å². The Hall–Kier alpha value is -3.67. The number of nitrogens with zero attached hydrogens (tertiary/aromatic N) is 4. The highest BCUT2D eigenvalue weighted by atomic mass is 35.5. The molecule has 8 nitrogen and oxygen atoms in total. The predicted octanol–water partition coefficient (Wildman–Crippen LogP) is 6.37. The van der Waals surface area contributed by atoms with Gasteiger partial charge < -0.3 is 9.47 Å². The monoisotopic (exact) mass is 646 g/mol. The van der Waals surface area contributed by atoms with Gasteiger partial charge in [0.15, 0.2) is 21.3 Å². The number of rotatable bonds is 8. The van der Waals surface area contributed by atoms with Crippen LogP contribution in [-0.2, 0) is 22.9 Å². The average Bonchev–Trinajstić information content (AvgIpc) is 3.78. The molecule has 0 radical (unpaired) electrons. The highest BCUT2D eigenvalue weighted by molar-refractivity contribution is 7.90. The lowest BCUT2D eigenvalue weighted by Gasteiger charge is -2.34. The molecule has 5 aromatic rings. The summed E-state index contributed by atoms with van der Waals surface area (Å²) in [6, 6.07) is 27.2. The number of para-hydroxylation sites is 1. The van der Waals surface area contributed by atoms with Crippen LogP contribution in [0.3, 0.4) is 0 Å². The molecule has 1 saturated heterocycles. The lowest BCUT2D eigenvalue weighted by atomic mass is 10.1. The maximum absolute atomic E-state index is 12.1. The van der Waals surface area contributed by atoms with E-state index < -0.39 is 9.84 Å². The standard InChI is InChI=1S/C33H31ClN4O4S2/c1-44(39,40)26-6-4-5-24(18-26)32-11-12-33(43-32)29-19-25(35-38(29)28-8-3-2-7-27(28)34)21-37-15-13-36(14-16-37)20-23-9-10-30-31(17-23)42-22-41-30/h2-12,17-19H,13-16,20-22H2,1H3. The number of aromatic nitrogens is 2. The highest BCUT2D eigenvalue weighted by Crippen LogP contribution is 2.38. The molecule has 0 spiro atoms. The molecule has 11 heteroatoms. The molecule has 0 bridgehead atoms. The second-order valence-electron chi connectivity index (χ2n) is 11.1. The van der Waals surface area contributed by atoms with Gasteiger partial charge in [-0.05, 0) is 65.7 Å². The fraction of sp³-hybridized carbons (Fsp3) is 0.242. The van der Waals surface area contributed by atoms with E-state index in [4.69, 9.17) is 26.2 Å². The zero-order valence-electron chi connectivity index (χ0n) is 24.1. The summed E-state index contributed by atoms with van der Waals surface area (Å²) in [5.41, 5.74) is 4.83. The summed E-state index contributed by atoms with van der Waals surface area (Å²) in [6.07, 6.45) is 1.23. The molecule has 2 aliphatic heterocycles. The molecule has 44 heavy (non-hydrogen) atoms. The molecule has 4 heterocycles. The quantitative estimate of drug-likeness (QED) is 0.194. The van der Waals surface area contributed by atoms with Crippen LogP contribution >= 0.6 is 22.9 Å². The molecule has 226 valence electrons. The van der Waals surface area contributed by atoms with Crippen molar-refractivity contribution in [2.75, 3.05) is 39.2 Å². The molecule has 0 aliphatic carbocycles. The average molecular weight is 647 g/mol. The molecule has 2 aromatic heterocycles. The van der Waals surface area contributed by atoms with Gasteiger partial charge in [0.05, 0.1) is 31.9 Å². The second kappa shape index (κ2) is 12.0. The van der Waals surface area contributed by atoms with Crippen LogP contribution < -0.4 is 9.47 Å². The number of piperazine rings is 1. The molecule has 2 aliphatic rings. The first-order chi connectivity index (χ1) is 21.3. The van der Waals surface area contributed by atoms with E-state index in [0.717, 1.165) is 83.2 Å². The van der Waals surface area contributed by atoms with Gasteiger partial charge in [0.1, 0.15) is 0 Å². The van der Waals surface area contributed by atoms with Crippen molar-refractivity contribution in [3.05, 3.63) is 101 Å². The normalized spacial score (nSPS) is 15.6. The van der Waals surface area contributed by atoms with E-state index in [0.29, 0.717) is 9.92 Å². The van der Waals surface area contributed by atoms with Crippen LogP contribution in [0.25, 0.3) is 26.7 Å². The fourth-order valence-corrected chi connectivity index (χ4v) is 7.52. The van der Waals surface area contributed by atoms with Crippen LogP contribution in [0.2, 0.25) is 5.02 Å². The summed E-state index contributed by atoms with van der Waals surface area (Å²) in [7, 11) is -3.30. The van der Waals surface area contributed by atoms with Crippen molar-refractivity contribution < 1.29 is 17.9 Å². The van der Waals surface area contributed by atoms with E-state index in [2.05, 4.69) is 34.1 Å². The summed E-state index contributed by atoms with van der Waals surface area (Å²) in [5.74, 6) is 1.64. The molecule has 0 atom stereocenters. The number of thiophene rings is 1. The van der Waals surface area contributed by atoms with Gasteiger partial charge in [-0.15, -0.1) is 11.3 Å².